The predicted molar refractivity (Wildman–Crippen MR) is 66.4 cm³/mol. The minimum atomic E-state index is 0.154. The number of pyridine rings is 1. The van der Waals surface area contributed by atoms with Gasteiger partial charge < -0.3 is 9.47 Å². The van der Waals surface area contributed by atoms with Crippen LogP contribution in [0, 0.1) is 3.57 Å². The molecular formula is C11H14INO2. The van der Waals surface area contributed by atoms with E-state index in [4.69, 9.17) is 9.47 Å². The van der Waals surface area contributed by atoms with Crippen molar-refractivity contribution < 1.29 is 9.47 Å². The molecule has 0 unspecified atom stereocenters. The monoisotopic (exact) mass is 319 g/mol. The zero-order valence-electron chi connectivity index (χ0n) is 8.87. The van der Waals surface area contributed by atoms with Crippen LogP contribution in [0.15, 0.2) is 12.3 Å². The molecule has 1 aliphatic rings. The van der Waals surface area contributed by atoms with E-state index in [1.807, 2.05) is 19.9 Å². The Balaban J connectivity index is 2.07. The van der Waals surface area contributed by atoms with Crippen LogP contribution in [0.1, 0.15) is 26.7 Å². The van der Waals surface area contributed by atoms with Crippen molar-refractivity contribution in [2.24, 2.45) is 0 Å². The van der Waals surface area contributed by atoms with Crippen LogP contribution in [-0.2, 0) is 0 Å². The molecule has 2 rings (SSSR count). The van der Waals surface area contributed by atoms with Gasteiger partial charge in [0.15, 0.2) is 0 Å². The van der Waals surface area contributed by atoms with Crippen molar-refractivity contribution in [2.45, 2.75) is 38.9 Å². The predicted octanol–water partition coefficient (Wildman–Crippen LogP) is 3.01. The first-order chi connectivity index (χ1) is 7.15. The van der Waals surface area contributed by atoms with E-state index >= 15 is 0 Å². The van der Waals surface area contributed by atoms with E-state index < -0.39 is 0 Å². The second-order valence-electron chi connectivity index (χ2n) is 3.94. The molecule has 1 aliphatic carbocycles. The van der Waals surface area contributed by atoms with Gasteiger partial charge in [0.05, 0.1) is 22.0 Å². The highest BCUT2D eigenvalue weighted by Gasteiger charge is 2.23. The van der Waals surface area contributed by atoms with Crippen LogP contribution in [0.3, 0.4) is 0 Å². The van der Waals surface area contributed by atoms with Crippen LogP contribution in [0.25, 0.3) is 0 Å². The minimum absolute atomic E-state index is 0.154. The normalized spacial score (nSPS) is 15.5. The van der Waals surface area contributed by atoms with Crippen LogP contribution < -0.4 is 9.47 Å². The third kappa shape index (κ3) is 3.22. The Kier molecular flexibility index (Phi) is 3.33. The Labute approximate surface area is 103 Å². The number of ether oxygens (including phenoxy) is 2. The number of halogens is 1. The van der Waals surface area contributed by atoms with Crippen molar-refractivity contribution in [2.75, 3.05) is 0 Å². The average molecular weight is 319 g/mol. The van der Waals surface area contributed by atoms with E-state index in [-0.39, 0.29) is 6.10 Å². The molecular weight excluding hydrogens is 305 g/mol. The van der Waals surface area contributed by atoms with Crippen LogP contribution in [0.4, 0.5) is 0 Å². The molecule has 0 radical (unpaired) electrons. The smallest absolute Gasteiger partial charge is 0.227 e. The van der Waals surface area contributed by atoms with Gasteiger partial charge in [-0.3, -0.25) is 0 Å². The molecule has 0 spiro atoms. The van der Waals surface area contributed by atoms with Gasteiger partial charge in [-0.2, -0.15) is 0 Å². The number of nitrogens with zero attached hydrogens (tertiary/aromatic N) is 1. The summed E-state index contributed by atoms with van der Waals surface area (Å²) >= 11 is 2.22. The van der Waals surface area contributed by atoms with Crippen molar-refractivity contribution >= 4 is 22.6 Å². The van der Waals surface area contributed by atoms with Crippen LogP contribution >= 0.6 is 22.6 Å². The molecule has 0 aliphatic heterocycles. The summed E-state index contributed by atoms with van der Waals surface area (Å²) in [7, 11) is 0. The maximum atomic E-state index is 5.64. The molecule has 0 N–H and O–H groups in total. The summed E-state index contributed by atoms with van der Waals surface area (Å²) in [6.07, 6.45) is 4.64. The van der Waals surface area contributed by atoms with Gasteiger partial charge in [0.25, 0.3) is 0 Å². The van der Waals surface area contributed by atoms with E-state index in [0.717, 1.165) is 9.32 Å². The van der Waals surface area contributed by atoms with Gasteiger partial charge in [-0.05, 0) is 49.3 Å². The molecule has 15 heavy (non-hydrogen) atoms. The molecule has 0 aromatic carbocycles. The maximum Gasteiger partial charge on any atom is 0.227 e. The molecule has 0 saturated heterocycles. The molecule has 4 heteroatoms. The van der Waals surface area contributed by atoms with E-state index in [1.54, 1.807) is 6.20 Å². The fourth-order valence-corrected chi connectivity index (χ4v) is 1.73. The van der Waals surface area contributed by atoms with Gasteiger partial charge >= 0.3 is 0 Å². The Hall–Kier alpha value is -0.520. The first kappa shape index (κ1) is 11.0. The fourth-order valence-electron chi connectivity index (χ4n) is 1.16. The van der Waals surface area contributed by atoms with E-state index in [1.165, 1.54) is 12.8 Å². The molecule has 1 heterocycles. The molecule has 1 fully saturated rings. The van der Waals surface area contributed by atoms with Crippen molar-refractivity contribution in [3.63, 3.8) is 0 Å². The van der Waals surface area contributed by atoms with Crippen LogP contribution in [-0.4, -0.2) is 17.2 Å². The Morgan fingerprint density at radius 2 is 2.20 bits per heavy atom. The lowest BCUT2D eigenvalue weighted by molar-refractivity contribution is 0.229. The Morgan fingerprint density at radius 3 is 2.73 bits per heavy atom. The van der Waals surface area contributed by atoms with E-state index in [0.29, 0.717) is 12.0 Å². The van der Waals surface area contributed by atoms with Gasteiger partial charge in [-0.25, -0.2) is 4.98 Å². The highest BCUT2D eigenvalue weighted by Crippen LogP contribution is 2.29. The topological polar surface area (TPSA) is 31.4 Å². The Bertz CT molecular complexity index is 350. The first-order valence-corrected chi connectivity index (χ1v) is 6.22. The quantitative estimate of drug-likeness (QED) is 0.800. The summed E-state index contributed by atoms with van der Waals surface area (Å²) in [5.74, 6) is 1.53. The molecule has 3 nitrogen and oxygen atoms in total. The lowest BCUT2D eigenvalue weighted by Crippen LogP contribution is -2.08. The average Bonchev–Trinajstić information content (AvgIpc) is 2.93. The van der Waals surface area contributed by atoms with Gasteiger partial charge in [0.2, 0.25) is 5.88 Å². The van der Waals surface area contributed by atoms with Crippen molar-refractivity contribution in [1.82, 2.24) is 4.98 Å². The summed E-state index contributed by atoms with van der Waals surface area (Å²) in [5.41, 5.74) is 0. The van der Waals surface area contributed by atoms with E-state index in [9.17, 15) is 0 Å². The van der Waals surface area contributed by atoms with Crippen molar-refractivity contribution in [3.8, 4) is 11.6 Å². The fraction of sp³-hybridized carbons (Fsp3) is 0.545. The number of rotatable bonds is 4. The van der Waals surface area contributed by atoms with Crippen molar-refractivity contribution in [3.05, 3.63) is 15.8 Å². The second kappa shape index (κ2) is 4.55. The van der Waals surface area contributed by atoms with Gasteiger partial charge in [0.1, 0.15) is 5.75 Å². The number of hydrogen-bond acceptors (Lipinski definition) is 3. The van der Waals surface area contributed by atoms with Gasteiger partial charge in [-0.15, -0.1) is 0 Å². The number of hydrogen-bond donors (Lipinski definition) is 0. The van der Waals surface area contributed by atoms with Crippen LogP contribution in [0.5, 0.6) is 11.6 Å². The summed E-state index contributed by atoms with van der Waals surface area (Å²) in [5, 5.41) is 0. The lowest BCUT2D eigenvalue weighted by atomic mass is 10.4. The molecule has 82 valence electrons. The summed E-state index contributed by atoms with van der Waals surface area (Å²) < 4.78 is 12.2. The molecule has 0 amide bonds. The third-order valence-corrected chi connectivity index (χ3v) is 2.73. The second-order valence-corrected chi connectivity index (χ2v) is 5.10. The largest absolute Gasteiger partial charge is 0.489 e. The SMILES string of the molecule is CC(C)Oc1ncc(OC2CC2)cc1I. The summed E-state index contributed by atoms with van der Waals surface area (Å²) in [6.45, 7) is 3.98. The highest BCUT2D eigenvalue weighted by molar-refractivity contribution is 14.1. The first-order valence-electron chi connectivity index (χ1n) is 5.14. The standard InChI is InChI=1S/C11H14INO2/c1-7(2)14-11-10(12)5-9(6-13-11)15-8-3-4-8/h5-8H,3-4H2,1-2H3. The lowest BCUT2D eigenvalue weighted by Gasteiger charge is -2.11. The molecule has 1 aromatic heterocycles. The Morgan fingerprint density at radius 1 is 1.47 bits per heavy atom. The summed E-state index contributed by atoms with van der Waals surface area (Å²) in [4.78, 5) is 4.24. The van der Waals surface area contributed by atoms with Crippen LogP contribution in [0.2, 0.25) is 0 Å². The molecule has 0 bridgehead atoms. The molecule has 1 saturated carbocycles. The van der Waals surface area contributed by atoms with Gasteiger partial charge in [-0.1, -0.05) is 0 Å². The van der Waals surface area contributed by atoms with Crippen molar-refractivity contribution in [1.29, 1.82) is 0 Å². The minimum Gasteiger partial charge on any atom is -0.489 e. The zero-order chi connectivity index (χ0) is 10.8. The summed E-state index contributed by atoms with van der Waals surface area (Å²) in [6, 6.07) is 1.98. The third-order valence-electron chi connectivity index (χ3n) is 1.96. The van der Waals surface area contributed by atoms with Gasteiger partial charge in [0, 0.05) is 6.07 Å². The highest BCUT2D eigenvalue weighted by atomic mass is 127. The molecule has 0 atom stereocenters. The van der Waals surface area contributed by atoms with E-state index in [2.05, 4.69) is 27.6 Å². The maximum absolute atomic E-state index is 5.64. The molecule has 1 aromatic rings. The zero-order valence-corrected chi connectivity index (χ0v) is 11.0. The number of aromatic nitrogens is 1.